The lowest BCUT2D eigenvalue weighted by Gasteiger charge is -2.52. The molecule has 4 rings (SSSR count). The summed E-state index contributed by atoms with van der Waals surface area (Å²) in [7, 11) is 0. The number of halogens is 1. The van der Waals surface area contributed by atoms with Crippen molar-refractivity contribution in [3.8, 4) is 0 Å². The number of carbonyl (C=O) groups is 1. The van der Waals surface area contributed by atoms with Crippen LogP contribution >= 0.6 is 15.9 Å². The molecule has 6 unspecified atom stereocenters. The van der Waals surface area contributed by atoms with Crippen LogP contribution in [0.5, 0.6) is 0 Å². The number of alkyl halides is 1. The van der Waals surface area contributed by atoms with Gasteiger partial charge in [0.15, 0.2) is 5.78 Å². The third kappa shape index (κ3) is 2.13. The normalized spacial score (nSPS) is 42.1. The maximum atomic E-state index is 13.2. The van der Waals surface area contributed by atoms with Gasteiger partial charge in [-0.1, -0.05) is 47.5 Å². The molecule has 2 heteroatoms. The standard InChI is InChI=1S/C21H27BrO/c1-12-4-6-14-15-8-9-21(3)13(2)5-7-18(21)19(15)17(11-22)20(23)16(14)10-12/h4,6,10,13,15,17-19H,5,7-9,11H2,1-3H3. The van der Waals surface area contributed by atoms with Crippen LogP contribution in [0, 0.1) is 36.0 Å². The predicted molar refractivity (Wildman–Crippen MR) is 98.3 cm³/mol. The third-order valence-electron chi connectivity index (χ3n) is 7.65. The van der Waals surface area contributed by atoms with Crippen molar-refractivity contribution in [3.63, 3.8) is 0 Å². The molecule has 0 N–H and O–H groups in total. The van der Waals surface area contributed by atoms with Gasteiger partial charge in [0.2, 0.25) is 0 Å². The van der Waals surface area contributed by atoms with Crippen LogP contribution < -0.4 is 0 Å². The molecule has 1 nitrogen and oxygen atoms in total. The summed E-state index contributed by atoms with van der Waals surface area (Å²) in [6, 6.07) is 6.59. The van der Waals surface area contributed by atoms with Gasteiger partial charge in [-0.15, -0.1) is 0 Å². The molecule has 23 heavy (non-hydrogen) atoms. The molecule has 0 amide bonds. The maximum Gasteiger partial charge on any atom is 0.167 e. The van der Waals surface area contributed by atoms with E-state index in [2.05, 4.69) is 54.9 Å². The third-order valence-corrected chi connectivity index (χ3v) is 8.35. The molecular formula is C21H27BrO. The number of fused-ring (bicyclic) bond motifs is 5. The zero-order valence-corrected chi connectivity index (χ0v) is 16.0. The maximum absolute atomic E-state index is 13.2. The Bertz CT molecular complexity index is 651. The van der Waals surface area contributed by atoms with Gasteiger partial charge < -0.3 is 0 Å². The second-order valence-electron chi connectivity index (χ2n) is 8.53. The number of hydrogen-bond donors (Lipinski definition) is 0. The van der Waals surface area contributed by atoms with E-state index in [1.165, 1.54) is 36.8 Å². The van der Waals surface area contributed by atoms with Crippen molar-refractivity contribution in [1.82, 2.24) is 0 Å². The van der Waals surface area contributed by atoms with Gasteiger partial charge in [0.25, 0.3) is 0 Å². The minimum atomic E-state index is 0.171. The first-order valence-corrected chi connectivity index (χ1v) is 10.3. The molecule has 0 aliphatic heterocycles. The Labute approximate surface area is 148 Å². The van der Waals surface area contributed by atoms with Crippen LogP contribution in [-0.2, 0) is 0 Å². The van der Waals surface area contributed by atoms with Crippen molar-refractivity contribution in [2.45, 2.75) is 52.4 Å². The number of hydrogen-bond acceptors (Lipinski definition) is 1. The van der Waals surface area contributed by atoms with E-state index in [1.54, 1.807) is 0 Å². The Morgan fingerprint density at radius 1 is 1.26 bits per heavy atom. The van der Waals surface area contributed by atoms with Crippen LogP contribution in [-0.4, -0.2) is 11.1 Å². The number of rotatable bonds is 1. The summed E-state index contributed by atoms with van der Waals surface area (Å²) >= 11 is 3.69. The molecule has 2 fully saturated rings. The first kappa shape index (κ1) is 15.9. The van der Waals surface area contributed by atoms with E-state index in [0.29, 0.717) is 23.0 Å². The van der Waals surface area contributed by atoms with Gasteiger partial charge in [-0.2, -0.15) is 0 Å². The summed E-state index contributed by atoms with van der Waals surface area (Å²) in [5, 5.41) is 0.821. The Hall–Kier alpha value is -0.630. The first-order chi connectivity index (χ1) is 11.0. The fourth-order valence-corrected chi connectivity index (χ4v) is 6.86. The lowest BCUT2D eigenvalue weighted by Crippen LogP contribution is -2.48. The Morgan fingerprint density at radius 2 is 2.04 bits per heavy atom. The van der Waals surface area contributed by atoms with Crippen LogP contribution in [0.4, 0.5) is 0 Å². The molecule has 0 heterocycles. The summed E-state index contributed by atoms with van der Waals surface area (Å²) in [5.74, 6) is 3.22. The molecule has 0 radical (unpaired) electrons. The second-order valence-corrected chi connectivity index (χ2v) is 9.18. The fraction of sp³-hybridized carbons (Fsp3) is 0.667. The van der Waals surface area contributed by atoms with Gasteiger partial charge in [0, 0.05) is 16.8 Å². The number of ketones is 1. The number of benzene rings is 1. The van der Waals surface area contributed by atoms with E-state index >= 15 is 0 Å². The second kappa shape index (κ2) is 5.44. The quantitative estimate of drug-likeness (QED) is 0.572. The lowest BCUT2D eigenvalue weighted by molar-refractivity contribution is 0.0134. The Kier molecular flexibility index (Phi) is 3.75. The van der Waals surface area contributed by atoms with Crippen LogP contribution in [0.1, 0.15) is 66.9 Å². The molecular weight excluding hydrogens is 348 g/mol. The molecule has 0 aromatic heterocycles. The van der Waals surface area contributed by atoms with Gasteiger partial charge in [-0.25, -0.2) is 0 Å². The Morgan fingerprint density at radius 3 is 2.78 bits per heavy atom. The highest BCUT2D eigenvalue weighted by atomic mass is 79.9. The zero-order valence-electron chi connectivity index (χ0n) is 14.4. The monoisotopic (exact) mass is 374 g/mol. The van der Waals surface area contributed by atoms with Crippen molar-refractivity contribution in [3.05, 3.63) is 34.9 Å². The van der Waals surface area contributed by atoms with Crippen molar-refractivity contribution in [2.24, 2.45) is 29.1 Å². The summed E-state index contributed by atoms with van der Waals surface area (Å²) in [6.45, 7) is 7.04. The Balaban J connectivity index is 1.83. The largest absolute Gasteiger partial charge is 0.294 e. The van der Waals surface area contributed by atoms with Gasteiger partial charge in [-0.05, 0) is 73.3 Å². The van der Waals surface area contributed by atoms with E-state index < -0.39 is 0 Å². The van der Waals surface area contributed by atoms with E-state index in [1.807, 2.05) is 0 Å². The molecule has 0 bridgehead atoms. The van der Waals surface area contributed by atoms with Crippen LogP contribution in [0.3, 0.4) is 0 Å². The van der Waals surface area contributed by atoms with E-state index in [-0.39, 0.29) is 5.92 Å². The average Bonchev–Trinajstić information content (AvgIpc) is 2.84. The van der Waals surface area contributed by atoms with Gasteiger partial charge in [-0.3, -0.25) is 4.79 Å². The highest BCUT2D eigenvalue weighted by Gasteiger charge is 2.57. The summed E-state index contributed by atoms with van der Waals surface area (Å²) in [6.07, 6.45) is 5.25. The molecule has 3 aliphatic carbocycles. The van der Waals surface area contributed by atoms with E-state index in [4.69, 9.17) is 0 Å². The fourth-order valence-electron chi connectivity index (χ4n) is 6.14. The highest BCUT2D eigenvalue weighted by molar-refractivity contribution is 9.09. The molecule has 0 spiro atoms. The van der Waals surface area contributed by atoms with Crippen LogP contribution in [0.2, 0.25) is 0 Å². The highest BCUT2D eigenvalue weighted by Crippen LogP contribution is 2.64. The summed E-state index contributed by atoms with van der Waals surface area (Å²) in [4.78, 5) is 13.2. The number of carbonyl (C=O) groups excluding carboxylic acids is 1. The SMILES string of the molecule is Cc1ccc2c(c1)C(=O)C(CBr)C1C2CCC2(C)C(C)CCC12. The van der Waals surface area contributed by atoms with Gasteiger partial charge in [0.1, 0.15) is 0 Å². The topological polar surface area (TPSA) is 17.1 Å². The molecule has 124 valence electrons. The summed E-state index contributed by atoms with van der Waals surface area (Å²) < 4.78 is 0. The summed E-state index contributed by atoms with van der Waals surface area (Å²) in [5.41, 5.74) is 4.03. The van der Waals surface area contributed by atoms with Crippen LogP contribution in [0.25, 0.3) is 0 Å². The minimum Gasteiger partial charge on any atom is -0.294 e. The molecule has 2 saturated carbocycles. The number of Topliss-reactive ketones (excluding diaryl/α,β-unsaturated/α-hetero) is 1. The average molecular weight is 375 g/mol. The van der Waals surface area contributed by atoms with E-state index in [9.17, 15) is 4.79 Å². The number of aryl methyl sites for hydroxylation is 1. The van der Waals surface area contributed by atoms with Crippen molar-refractivity contribution in [1.29, 1.82) is 0 Å². The van der Waals surface area contributed by atoms with E-state index in [0.717, 1.165) is 22.7 Å². The van der Waals surface area contributed by atoms with Crippen LogP contribution in [0.15, 0.2) is 18.2 Å². The molecule has 1 aromatic carbocycles. The molecule has 3 aliphatic rings. The predicted octanol–water partition coefficient (Wildman–Crippen LogP) is 5.75. The van der Waals surface area contributed by atoms with Crippen molar-refractivity contribution in [2.75, 3.05) is 5.33 Å². The van der Waals surface area contributed by atoms with Crippen molar-refractivity contribution < 1.29 is 4.79 Å². The van der Waals surface area contributed by atoms with Gasteiger partial charge in [0.05, 0.1) is 0 Å². The smallest absolute Gasteiger partial charge is 0.167 e. The molecule has 1 aromatic rings. The first-order valence-electron chi connectivity index (χ1n) is 9.18. The lowest BCUT2D eigenvalue weighted by atomic mass is 9.51. The van der Waals surface area contributed by atoms with Crippen molar-refractivity contribution >= 4 is 21.7 Å². The minimum absolute atomic E-state index is 0.171. The zero-order chi connectivity index (χ0) is 16.4. The molecule has 6 atom stereocenters. The van der Waals surface area contributed by atoms with Gasteiger partial charge >= 0.3 is 0 Å². The molecule has 0 saturated heterocycles.